The van der Waals surface area contributed by atoms with Crippen molar-refractivity contribution in [3.05, 3.63) is 35.4 Å². The molecule has 0 radical (unpaired) electrons. The first kappa shape index (κ1) is 14.3. The van der Waals surface area contributed by atoms with E-state index in [4.69, 9.17) is 9.84 Å². The van der Waals surface area contributed by atoms with E-state index in [-0.39, 0.29) is 12.3 Å². The summed E-state index contributed by atoms with van der Waals surface area (Å²) in [6, 6.07) is 5.92. The molecule has 0 fully saturated rings. The number of carbonyl (C=O) groups is 1. The van der Waals surface area contributed by atoms with Crippen LogP contribution in [0.25, 0.3) is 5.57 Å². The van der Waals surface area contributed by atoms with Gasteiger partial charge in [-0.05, 0) is 41.7 Å². The molecule has 0 saturated carbocycles. The third kappa shape index (κ3) is 3.62. The molecule has 1 rings (SSSR count). The van der Waals surface area contributed by atoms with Crippen LogP contribution in [0.1, 0.15) is 31.4 Å². The summed E-state index contributed by atoms with van der Waals surface area (Å²) < 4.78 is 5.22. The highest BCUT2D eigenvalue weighted by atomic mass is 16.5. The summed E-state index contributed by atoms with van der Waals surface area (Å²) in [6.45, 7) is 6.11. The number of aryl methyl sites for hydroxylation is 1. The van der Waals surface area contributed by atoms with Gasteiger partial charge in [0.05, 0.1) is 13.5 Å². The zero-order chi connectivity index (χ0) is 13.7. The van der Waals surface area contributed by atoms with E-state index in [0.29, 0.717) is 0 Å². The van der Waals surface area contributed by atoms with Gasteiger partial charge in [-0.2, -0.15) is 0 Å². The third-order valence-electron chi connectivity index (χ3n) is 2.85. The molecule has 1 N–H and O–H groups in total. The molecule has 0 aliphatic rings. The van der Waals surface area contributed by atoms with E-state index >= 15 is 0 Å². The minimum absolute atomic E-state index is 0.0542. The average Bonchev–Trinajstić information content (AvgIpc) is 2.28. The molecule has 0 saturated heterocycles. The van der Waals surface area contributed by atoms with Crippen molar-refractivity contribution < 1.29 is 14.6 Å². The molecular weight excluding hydrogens is 228 g/mol. The van der Waals surface area contributed by atoms with Gasteiger partial charge in [0.1, 0.15) is 5.75 Å². The molecule has 0 amide bonds. The fraction of sp³-hybridized carbons (Fsp3) is 0.400. The van der Waals surface area contributed by atoms with Gasteiger partial charge in [0.2, 0.25) is 0 Å². The van der Waals surface area contributed by atoms with Crippen molar-refractivity contribution in [3.8, 4) is 5.75 Å². The van der Waals surface area contributed by atoms with Crippen LogP contribution in [0.4, 0.5) is 0 Å². The summed E-state index contributed by atoms with van der Waals surface area (Å²) in [5.74, 6) is 0.329. The topological polar surface area (TPSA) is 46.5 Å². The van der Waals surface area contributed by atoms with Gasteiger partial charge >= 0.3 is 5.97 Å². The summed E-state index contributed by atoms with van der Waals surface area (Å²) in [4.78, 5) is 10.7. The Morgan fingerprint density at radius 1 is 1.44 bits per heavy atom. The van der Waals surface area contributed by atoms with Crippen LogP contribution in [0, 0.1) is 12.8 Å². The van der Waals surface area contributed by atoms with Crippen LogP contribution in [-0.2, 0) is 4.79 Å². The first-order valence-corrected chi connectivity index (χ1v) is 6.02. The lowest BCUT2D eigenvalue weighted by Gasteiger charge is -2.14. The van der Waals surface area contributed by atoms with Crippen LogP contribution in [0.5, 0.6) is 5.75 Å². The Balaban J connectivity index is 3.10. The standard InChI is InChI=1S/C15H20O3/c1-10(2)13(6-8-15(16)17)12-5-7-14(18-4)11(3)9-12/h5-7,9-10H,8H2,1-4H3,(H,16,17). The molecule has 1 aromatic carbocycles. The van der Waals surface area contributed by atoms with Crippen molar-refractivity contribution in [2.24, 2.45) is 5.92 Å². The van der Waals surface area contributed by atoms with Gasteiger partial charge < -0.3 is 9.84 Å². The molecule has 98 valence electrons. The third-order valence-corrected chi connectivity index (χ3v) is 2.85. The molecule has 18 heavy (non-hydrogen) atoms. The molecule has 1 aromatic rings. The van der Waals surface area contributed by atoms with Crippen LogP contribution >= 0.6 is 0 Å². The second kappa shape index (κ2) is 6.24. The van der Waals surface area contributed by atoms with E-state index in [0.717, 1.165) is 22.4 Å². The number of hydrogen-bond acceptors (Lipinski definition) is 2. The Hall–Kier alpha value is -1.77. The molecule has 3 heteroatoms. The van der Waals surface area contributed by atoms with Crippen LogP contribution < -0.4 is 4.74 Å². The largest absolute Gasteiger partial charge is 0.496 e. The number of carboxylic acid groups (broad SMARTS) is 1. The summed E-state index contributed by atoms with van der Waals surface area (Å²) in [7, 11) is 1.64. The van der Waals surface area contributed by atoms with E-state index in [9.17, 15) is 4.79 Å². The predicted molar refractivity (Wildman–Crippen MR) is 72.8 cm³/mol. The maximum absolute atomic E-state index is 10.7. The lowest BCUT2D eigenvalue weighted by Crippen LogP contribution is -1.98. The quantitative estimate of drug-likeness (QED) is 0.867. The van der Waals surface area contributed by atoms with Crippen LogP contribution in [0.15, 0.2) is 24.3 Å². The van der Waals surface area contributed by atoms with Crippen molar-refractivity contribution in [1.29, 1.82) is 0 Å². The Labute approximate surface area is 108 Å². The minimum Gasteiger partial charge on any atom is -0.496 e. The molecule has 0 heterocycles. The monoisotopic (exact) mass is 248 g/mol. The Kier molecular flexibility index (Phi) is 4.95. The normalized spacial score (nSPS) is 11.7. The number of ether oxygens (including phenoxy) is 1. The molecule has 0 aliphatic heterocycles. The van der Waals surface area contributed by atoms with Crippen molar-refractivity contribution in [1.82, 2.24) is 0 Å². The summed E-state index contributed by atoms with van der Waals surface area (Å²) in [5, 5.41) is 8.76. The molecule has 0 atom stereocenters. The molecule has 0 unspecified atom stereocenters. The highest BCUT2D eigenvalue weighted by molar-refractivity contribution is 5.75. The lowest BCUT2D eigenvalue weighted by atomic mass is 9.93. The number of hydrogen-bond donors (Lipinski definition) is 1. The van der Waals surface area contributed by atoms with Crippen molar-refractivity contribution >= 4 is 11.5 Å². The Morgan fingerprint density at radius 3 is 2.56 bits per heavy atom. The SMILES string of the molecule is COc1ccc(C(=CCC(=O)O)C(C)C)cc1C. The second-order valence-electron chi connectivity index (χ2n) is 4.60. The predicted octanol–water partition coefficient (Wildman–Crippen LogP) is 3.52. The molecule has 0 bridgehead atoms. The first-order chi connectivity index (χ1) is 8.45. The van der Waals surface area contributed by atoms with E-state index in [1.165, 1.54) is 0 Å². The van der Waals surface area contributed by atoms with Gasteiger partial charge in [-0.1, -0.05) is 26.0 Å². The van der Waals surface area contributed by atoms with Crippen LogP contribution in [0.3, 0.4) is 0 Å². The fourth-order valence-electron chi connectivity index (χ4n) is 1.94. The number of aliphatic carboxylic acids is 1. The Bertz CT molecular complexity index is 459. The Morgan fingerprint density at radius 2 is 2.11 bits per heavy atom. The van der Waals surface area contributed by atoms with Crippen LogP contribution in [0.2, 0.25) is 0 Å². The van der Waals surface area contributed by atoms with Gasteiger partial charge in [0.15, 0.2) is 0 Å². The van der Waals surface area contributed by atoms with E-state index in [1.54, 1.807) is 13.2 Å². The molecule has 3 nitrogen and oxygen atoms in total. The van der Waals surface area contributed by atoms with E-state index < -0.39 is 5.97 Å². The highest BCUT2D eigenvalue weighted by Gasteiger charge is 2.09. The molecular formula is C15H20O3. The molecule has 0 aliphatic carbocycles. The molecule has 0 spiro atoms. The number of allylic oxidation sites excluding steroid dienone is 1. The van der Waals surface area contributed by atoms with Gasteiger partial charge in [0, 0.05) is 0 Å². The maximum Gasteiger partial charge on any atom is 0.307 e. The molecule has 0 aromatic heterocycles. The fourth-order valence-corrected chi connectivity index (χ4v) is 1.94. The second-order valence-corrected chi connectivity index (χ2v) is 4.60. The van der Waals surface area contributed by atoms with Crippen LogP contribution in [-0.4, -0.2) is 18.2 Å². The van der Waals surface area contributed by atoms with Gasteiger partial charge in [-0.25, -0.2) is 0 Å². The maximum atomic E-state index is 10.7. The number of carboxylic acids is 1. The van der Waals surface area contributed by atoms with Gasteiger partial charge in [-0.3, -0.25) is 4.79 Å². The summed E-state index contributed by atoms with van der Waals surface area (Å²) >= 11 is 0. The number of methoxy groups -OCH3 is 1. The van der Waals surface area contributed by atoms with Crippen molar-refractivity contribution in [3.63, 3.8) is 0 Å². The summed E-state index contributed by atoms with van der Waals surface area (Å²) in [6.07, 6.45) is 1.84. The van der Waals surface area contributed by atoms with Crippen molar-refractivity contribution in [2.75, 3.05) is 7.11 Å². The lowest BCUT2D eigenvalue weighted by molar-refractivity contribution is -0.135. The highest BCUT2D eigenvalue weighted by Crippen LogP contribution is 2.28. The minimum atomic E-state index is -0.807. The smallest absolute Gasteiger partial charge is 0.307 e. The van der Waals surface area contributed by atoms with Gasteiger partial charge in [0.25, 0.3) is 0 Å². The number of rotatable bonds is 5. The summed E-state index contributed by atoms with van der Waals surface area (Å²) in [5.41, 5.74) is 3.17. The average molecular weight is 248 g/mol. The van der Waals surface area contributed by atoms with Crippen molar-refractivity contribution in [2.45, 2.75) is 27.2 Å². The van der Waals surface area contributed by atoms with E-state index in [2.05, 4.69) is 13.8 Å². The van der Waals surface area contributed by atoms with E-state index in [1.807, 2.05) is 25.1 Å². The zero-order valence-corrected chi connectivity index (χ0v) is 11.4. The van der Waals surface area contributed by atoms with Gasteiger partial charge in [-0.15, -0.1) is 0 Å². The zero-order valence-electron chi connectivity index (χ0n) is 11.4. The first-order valence-electron chi connectivity index (χ1n) is 6.02. The number of benzene rings is 1.